The number of anilines is 1. The van der Waals surface area contributed by atoms with Crippen LogP contribution in [0.4, 0.5) is 19.3 Å². The van der Waals surface area contributed by atoms with Crippen molar-refractivity contribution < 1.29 is 37.4 Å². The van der Waals surface area contributed by atoms with Gasteiger partial charge in [-0.25, -0.2) is 4.79 Å². The molecule has 8 nitrogen and oxygen atoms in total. The number of rotatable bonds is 12. The lowest BCUT2D eigenvalue weighted by atomic mass is 10.0. The third-order valence-electron chi connectivity index (χ3n) is 6.34. The van der Waals surface area contributed by atoms with E-state index in [-0.39, 0.29) is 34.5 Å². The number of benzene rings is 2. The lowest BCUT2D eigenvalue weighted by molar-refractivity contribution is -0.885. The van der Waals surface area contributed by atoms with Crippen LogP contribution in [0.25, 0.3) is 0 Å². The van der Waals surface area contributed by atoms with E-state index < -0.39 is 18.8 Å². The number of ether oxygens (including phenoxy) is 3. The average Bonchev–Trinajstić information content (AvgIpc) is 3.75. The molecular formula is C28H30Cl2F2N3O5+. The van der Waals surface area contributed by atoms with E-state index in [4.69, 9.17) is 43.2 Å². The van der Waals surface area contributed by atoms with E-state index in [0.29, 0.717) is 29.3 Å². The number of halogens is 4. The van der Waals surface area contributed by atoms with Crippen molar-refractivity contribution in [2.24, 2.45) is 5.92 Å². The highest BCUT2D eigenvalue weighted by Gasteiger charge is 2.27. The van der Waals surface area contributed by atoms with Crippen molar-refractivity contribution in [2.45, 2.75) is 38.5 Å². The molecule has 0 radical (unpaired) electrons. The van der Waals surface area contributed by atoms with Gasteiger partial charge in [0.15, 0.2) is 11.5 Å². The third kappa shape index (κ3) is 8.02. The highest BCUT2D eigenvalue weighted by atomic mass is 35.5. The maximum atomic E-state index is 13.2. The fraction of sp³-hybridized carbons (Fsp3) is 0.357. The van der Waals surface area contributed by atoms with E-state index in [1.165, 1.54) is 41.3 Å². The monoisotopic (exact) mass is 596 g/mol. The molecule has 0 aliphatic heterocycles. The Kier molecular flexibility index (Phi) is 9.76. The van der Waals surface area contributed by atoms with Gasteiger partial charge in [-0.1, -0.05) is 41.4 Å². The van der Waals surface area contributed by atoms with E-state index in [1.807, 2.05) is 12.1 Å². The molecule has 1 aliphatic carbocycles. The molecule has 1 fully saturated rings. The summed E-state index contributed by atoms with van der Waals surface area (Å²) >= 11 is 13.0. The molecule has 12 heteroatoms. The van der Waals surface area contributed by atoms with E-state index in [0.717, 1.165) is 18.4 Å². The number of hydrogen-bond acceptors (Lipinski definition) is 6. The van der Waals surface area contributed by atoms with Gasteiger partial charge < -0.3 is 24.8 Å². The number of carbonyl (C=O) groups excluding carboxylic acids is 1. The Morgan fingerprint density at radius 2 is 1.77 bits per heavy atom. The number of nitrogens with zero attached hydrogens (tertiary/aromatic N) is 2. The molecule has 1 aliphatic rings. The quantitative estimate of drug-likeness (QED) is 0.208. The SMILES string of the molecule is CO[n+]1cc(Cl)c(C[C@H](OC(=O)N(C)Cc2ccc(N)cc2)c2ccc(OC(F)F)c(OCC3CC3)c2)c(Cl)c1. The van der Waals surface area contributed by atoms with Gasteiger partial charge in [0.05, 0.1) is 6.61 Å². The Hall–Kier alpha value is -3.50. The molecule has 1 atom stereocenters. The standard InChI is InChI=1S/C28H30Cl2F2N3O5/c1-34(13-17-5-8-20(33)9-6-17)28(36)40-25(12-21-22(29)14-35(37-2)15-23(21)30)19-7-10-24(39-27(31)32)26(11-19)38-16-18-3-4-18/h5-11,14-15,18,25,27H,3-4,12-13,16,33H2,1-2H3/q+1/t25-/m0/s1. The largest absolute Gasteiger partial charge is 0.489 e. The minimum Gasteiger partial charge on any atom is -0.489 e. The van der Waals surface area contributed by atoms with Crippen LogP contribution >= 0.6 is 23.2 Å². The van der Waals surface area contributed by atoms with Crippen molar-refractivity contribution in [2.75, 3.05) is 26.5 Å². The van der Waals surface area contributed by atoms with Crippen molar-refractivity contribution in [1.82, 2.24) is 4.90 Å². The number of hydrogen-bond donors (Lipinski definition) is 1. The Morgan fingerprint density at radius 1 is 1.10 bits per heavy atom. The predicted octanol–water partition coefficient (Wildman–Crippen LogP) is 5.86. The molecule has 2 aromatic carbocycles. The molecular weight excluding hydrogens is 567 g/mol. The maximum absolute atomic E-state index is 13.2. The minimum atomic E-state index is -3.03. The predicted molar refractivity (Wildman–Crippen MR) is 146 cm³/mol. The number of nitrogens with two attached hydrogens (primary N) is 1. The molecule has 0 saturated heterocycles. The highest BCUT2D eigenvalue weighted by Crippen LogP contribution is 2.38. The van der Waals surface area contributed by atoms with Gasteiger partial charge >= 0.3 is 12.7 Å². The molecule has 0 bridgehead atoms. The van der Waals surface area contributed by atoms with Crippen LogP contribution in [-0.2, 0) is 17.7 Å². The summed E-state index contributed by atoms with van der Waals surface area (Å²) in [5, 5.41) is 0.571. The van der Waals surface area contributed by atoms with Gasteiger partial charge in [0, 0.05) is 36.0 Å². The van der Waals surface area contributed by atoms with Crippen LogP contribution in [0, 0.1) is 5.92 Å². The Bertz CT molecular complexity index is 1300. The highest BCUT2D eigenvalue weighted by molar-refractivity contribution is 6.35. The summed E-state index contributed by atoms with van der Waals surface area (Å²) < 4.78 is 43.9. The van der Waals surface area contributed by atoms with Crippen LogP contribution < -0.4 is 24.8 Å². The zero-order valence-corrected chi connectivity index (χ0v) is 23.5. The van der Waals surface area contributed by atoms with Crippen molar-refractivity contribution in [3.8, 4) is 11.5 Å². The van der Waals surface area contributed by atoms with E-state index in [1.54, 1.807) is 25.2 Å². The maximum Gasteiger partial charge on any atom is 0.410 e. The smallest absolute Gasteiger partial charge is 0.410 e. The second-order valence-corrected chi connectivity index (χ2v) is 10.3. The van der Waals surface area contributed by atoms with Crippen LogP contribution in [0.2, 0.25) is 10.0 Å². The van der Waals surface area contributed by atoms with Gasteiger partial charge in [-0.05, 0) is 54.2 Å². The Balaban J connectivity index is 1.63. The molecule has 3 aromatic rings. The first kappa shape index (κ1) is 29.5. The van der Waals surface area contributed by atoms with Gasteiger partial charge in [0.25, 0.3) is 0 Å². The summed E-state index contributed by atoms with van der Waals surface area (Å²) in [6, 6.07) is 11.6. The second-order valence-electron chi connectivity index (χ2n) is 9.49. The van der Waals surface area contributed by atoms with Gasteiger partial charge in [-0.15, -0.1) is 0 Å². The summed E-state index contributed by atoms with van der Waals surface area (Å²) in [5.74, 6) is 0.387. The molecule has 1 aromatic heterocycles. The first-order valence-electron chi connectivity index (χ1n) is 12.5. The molecule has 4 rings (SSSR count). The van der Waals surface area contributed by atoms with Gasteiger partial charge in [0.1, 0.15) is 23.3 Å². The number of alkyl halides is 2. The van der Waals surface area contributed by atoms with Crippen molar-refractivity contribution in [3.05, 3.63) is 81.6 Å². The number of amides is 1. The lowest BCUT2D eigenvalue weighted by Gasteiger charge is -2.24. The summed E-state index contributed by atoms with van der Waals surface area (Å²) in [5.41, 5.74) is 8.21. The van der Waals surface area contributed by atoms with E-state index in [2.05, 4.69) is 4.74 Å². The summed E-state index contributed by atoms with van der Waals surface area (Å²) in [4.78, 5) is 19.8. The van der Waals surface area contributed by atoms with Crippen LogP contribution in [0.15, 0.2) is 54.9 Å². The minimum absolute atomic E-state index is 0.0841. The topological polar surface area (TPSA) is 87.1 Å². The lowest BCUT2D eigenvalue weighted by Crippen LogP contribution is -2.40. The van der Waals surface area contributed by atoms with Crippen molar-refractivity contribution >= 4 is 35.0 Å². The molecule has 1 amide bonds. The summed E-state index contributed by atoms with van der Waals surface area (Å²) in [6.45, 7) is -2.40. The van der Waals surface area contributed by atoms with Crippen molar-refractivity contribution in [3.63, 3.8) is 0 Å². The number of carbonyl (C=O) groups is 1. The van der Waals surface area contributed by atoms with E-state index in [9.17, 15) is 13.6 Å². The Labute approximate surface area is 241 Å². The zero-order valence-electron chi connectivity index (χ0n) is 22.0. The first-order valence-corrected chi connectivity index (χ1v) is 13.3. The number of aromatic nitrogens is 1. The molecule has 40 heavy (non-hydrogen) atoms. The average molecular weight is 597 g/mol. The fourth-order valence-corrected chi connectivity index (χ4v) is 4.54. The molecule has 0 spiro atoms. The molecule has 2 N–H and O–H groups in total. The van der Waals surface area contributed by atoms with Crippen LogP contribution in [0.3, 0.4) is 0 Å². The first-order chi connectivity index (χ1) is 19.1. The zero-order chi connectivity index (χ0) is 28.8. The molecule has 214 valence electrons. The number of nitrogen functional groups attached to an aromatic ring is 1. The fourth-order valence-electron chi connectivity index (χ4n) is 3.94. The van der Waals surface area contributed by atoms with Gasteiger partial charge in [0.2, 0.25) is 12.4 Å². The number of pyridine rings is 1. The van der Waals surface area contributed by atoms with Crippen molar-refractivity contribution in [1.29, 1.82) is 0 Å². The third-order valence-corrected chi connectivity index (χ3v) is 6.99. The molecule has 1 heterocycles. The van der Waals surface area contributed by atoms with Crippen LogP contribution in [-0.4, -0.2) is 38.4 Å². The normalized spacial score (nSPS) is 13.6. The van der Waals surface area contributed by atoms with E-state index >= 15 is 0 Å². The molecule has 1 saturated carbocycles. The van der Waals surface area contributed by atoms with Crippen LogP contribution in [0.5, 0.6) is 11.5 Å². The summed E-state index contributed by atoms with van der Waals surface area (Å²) in [7, 11) is 3.06. The van der Waals surface area contributed by atoms with Gasteiger partial charge in [-0.2, -0.15) is 8.78 Å². The van der Waals surface area contributed by atoms with Crippen LogP contribution in [0.1, 0.15) is 35.6 Å². The molecule has 0 unspecified atom stereocenters. The Morgan fingerprint density at radius 3 is 2.38 bits per heavy atom. The second kappa shape index (κ2) is 13.2. The summed E-state index contributed by atoms with van der Waals surface area (Å²) in [6.07, 6.45) is 3.64. The van der Waals surface area contributed by atoms with Gasteiger partial charge in [-0.3, -0.25) is 4.84 Å².